The second-order valence-electron chi connectivity index (χ2n) is 4.70. The summed E-state index contributed by atoms with van der Waals surface area (Å²) in [5.41, 5.74) is 7.51. The monoisotopic (exact) mass is 231 g/mol. The van der Waals surface area contributed by atoms with Crippen LogP contribution in [0, 0.1) is 0 Å². The first kappa shape index (κ1) is 11.7. The van der Waals surface area contributed by atoms with Crippen LogP contribution >= 0.6 is 0 Å². The van der Waals surface area contributed by atoms with Crippen molar-refractivity contribution in [1.29, 1.82) is 0 Å². The molecule has 5 nitrogen and oxygen atoms in total. The van der Waals surface area contributed by atoms with Crippen molar-refractivity contribution < 1.29 is 0 Å². The van der Waals surface area contributed by atoms with Gasteiger partial charge in [0.15, 0.2) is 0 Å². The molecule has 0 aliphatic rings. The maximum absolute atomic E-state index is 5.95. The summed E-state index contributed by atoms with van der Waals surface area (Å²) in [5, 5.41) is 8.14. The average Bonchev–Trinajstić information content (AvgIpc) is 2.76. The smallest absolute Gasteiger partial charge is 0.102 e. The van der Waals surface area contributed by atoms with Gasteiger partial charge in [0, 0.05) is 18.9 Å². The summed E-state index contributed by atoms with van der Waals surface area (Å²) in [6.07, 6.45) is 6.43. The standard InChI is InChI=1S/C12H17N5/c1-12(2,13)11-9-17(16-15-11)7-5-10-4-3-6-14-8-10/h3-4,6,8-9H,5,7,13H2,1-2H3. The molecule has 0 saturated heterocycles. The van der Waals surface area contributed by atoms with E-state index in [0.717, 1.165) is 18.7 Å². The van der Waals surface area contributed by atoms with Crippen molar-refractivity contribution in [2.24, 2.45) is 5.73 Å². The largest absolute Gasteiger partial charge is 0.320 e. The van der Waals surface area contributed by atoms with Crippen LogP contribution in [-0.4, -0.2) is 20.0 Å². The molecule has 2 N–H and O–H groups in total. The Morgan fingerprint density at radius 3 is 2.82 bits per heavy atom. The van der Waals surface area contributed by atoms with Crippen molar-refractivity contribution in [3.63, 3.8) is 0 Å². The number of hydrogen-bond donors (Lipinski definition) is 1. The van der Waals surface area contributed by atoms with Crippen LogP contribution in [-0.2, 0) is 18.5 Å². The number of aromatic nitrogens is 4. The Hall–Kier alpha value is -1.75. The minimum Gasteiger partial charge on any atom is -0.320 e. The van der Waals surface area contributed by atoms with E-state index in [1.807, 2.05) is 37.0 Å². The number of aryl methyl sites for hydroxylation is 2. The normalized spacial score (nSPS) is 11.7. The van der Waals surface area contributed by atoms with E-state index in [-0.39, 0.29) is 0 Å². The molecule has 0 unspecified atom stereocenters. The van der Waals surface area contributed by atoms with Gasteiger partial charge < -0.3 is 5.73 Å². The molecule has 2 heterocycles. The van der Waals surface area contributed by atoms with Gasteiger partial charge in [-0.15, -0.1) is 5.10 Å². The van der Waals surface area contributed by atoms with Gasteiger partial charge in [0.25, 0.3) is 0 Å². The topological polar surface area (TPSA) is 69.6 Å². The van der Waals surface area contributed by atoms with Crippen LogP contribution in [0.15, 0.2) is 30.7 Å². The predicted molar refractivity (Wildman–Crippen MR) is 65.2 cm³/mol. The van der Waals surface area contributed by atoms with Crippen molar-refractivity contribution in [3.8, 4) is 0 Å². The molecule has 2 aromatic rings. The summed E-state index contributed by atoms with van der Waals surface area (Å²) in [6, 6.07) is 3.99. The van der Waals surface area contributed by atoms with Gasteiger partial charge in [-0.1, -0.05) is 11.3 Å². The van der Waals surface area contributed by atoms with Crippen LogP contribution in [0.5, 0.6) is 0 Å². The lowest BCUT2D eigenvalue weighted by atomic mass is 10.0. The van der Waals surface area contributed by atoms with Gasteiger partial charge in [0.1, 0.15) is 5.69 Å². The predicted octanol–water partition coefficient (Wildman–Crippen LogP) is 1.11. The van der Waals surface area contributed by atoms with Gasteiger partial charge in [0.05, 0.1) is 11.7 Å². The Balaban J connectivity index is 1.99. The van der Waals surface area contributed by atoms with Gasteiger partial charge in [-0.05, 0) is 31.9 Å². The zero-order valence-electron chi connectivity index (χ0n) is 10.2. The lowest BCUT2D eigenvalue weighted by Crippen LogP contribution is -2.29. The highest BCUT2D eigenvalue weighted by molar-refractivity contribution is 5.09. The Bertz CT molecular complexity index is 469. The fourth-order valence-electron chi connectivity index (χ4n) is 1.49. The first-order chi connectivity index (χ1) is 8.05. The van der Waals surface area contributed by atoms with Gasteiger partial charge in [0.2, 0.25) is 0 Å². The fourth-order valence-corrected chi connectivity index (χ4v) is 1.49. The van der Waals surface area contributed by atoms with E-state index in [2.05, 4.69) is 21.4 Å². The first-order valence-corrected chi connectivity index (χ1v) is 5.64. The molecular formula is C12H17N5. The third kappa shape index (κ3) is 3.10. The molecular weight excluding hydrogens is 214 g/mol. The van der Waals surface area contributed by atoms with Crippen molar-refractivity contribution in [2.45, 2.75) is 32.4 Å². The number of nitrogens with zero attached hydrogens (tertiary/aromatic N) is 4. The van der Waals surface area contributed by atoms with Crippen LogP contribution in [0.25, 0.3) is 0 Å². The molecule has 0 aromatic carbocycles. The quantitative estimate of drug-likeness (QED) is 0.855. The summed E-state index contributed by atoms with van der Waals surface area (Å²) in [6.45, 7) is 4.62. The number of rotatable bonds is 4. The SMILES string of the molecule is CC(C)(N)c1cn(CCc2cccnc2)nn1. The van der Waals surface area contributed by atoms with Crippen molar-refractivity contribution >= 4 is 0 Å². The van der Waals surface area contributed by atoms with E-state index >= 15 is 0 Å². The molecule has 0 atom stereocenters. The van der Waals surface area contributed by atoms with Gasteiger partial charge in [-0.2, -0.15) is 0 Å². The Labute approximate surface area is 101 Å². The molecule has 2 rings (SSSR count). The Morgan fingerprint density at radius 1 is 1.41 bits per heavy atom. The summed E-state index contributed by atoms with van der Waals surface area (Å²) in [4.78, 5) is 4.08. The molecule has 0 saturated carbocycles. The summed E-state index contributed by atoms with van der Waals surface area (Å²) < 4.78 is 1.82. The summed E-state index contributed by atoms with van der Waals surface area (Å²) >= 11 is 0. The summed E-state index contributed by atoms with van der Waals surface area (Å²) in [5.74, 6) is 0. The van der Waals surface area contributed by atoms with E-state index in [1.54, 1.807) is 6.20 Å². The highest BCUT2D eigenvalue weighted by atomic mass is 15.4. The first-order valence-electron chi connectivity index (χ1n) is 5.64. The highest BCUT2D eigenvalue weighted by Crippen LogP contribution is 2.12. The van der Waals surface area contributed by atoms with E-state index in [9.17, 15) is 0 Å². The fraction of sp³-hybridized carbons (Fsp3) is 0.417. The second-order valence-corrected chi connectivity index (χ2v) is 4.70. The molecule has 2 aromatic heterocycles. The molecule has 0 bridgehead atoms. The zero-order valence-corrected chi connectivity index (χ0v) is 10.2. The molecule has 17 heavy (non-hydrogen) atoms. The summed E-state index contributed by atoms with van der Waals surface area (Å²) in [7, 11) is 0. The second kappa shape index (κ2) is 4.63. The Morgan fingerprint density at radius 2 is 2.24 bits per heavy atom. The van der Waals surface area contributed by atoms with Gasteiger partial charge >= 0.3 is 0 Å². The average molecular weight is 231 g/mol. The number of hydrogen-bond acceptors (Lipinski definition) is 4. The van der Waals surface area contributed by atoms with Gasteiger partial charge in [-0.25, -0.2) is 0 Å². The molecule has 90 valence electrons. The van der Waals surface area contributed by atoms with E-state index in [0.29, 0.717) is 0 Å². The third-order valence-electron chi connectivity index (χ3n) is 2.55. The lowest BCUT2D eigenvalue weighted by Gasteiger charge is -2.13. The van der Waals surface area contributed by atoms with Crippen LogP contribution in [0.4, 0.5) is 0 Å². The van der Waals surface area contributed by atoms with Gasteiger partial charge in [-0.3, -0.25) is 9.67 Å². The molecule has 0 aliphatic heterocycles. The maximum atomic E-state index is 5.95. The minimum atomic E-state index is -0.438. The van der Waals surface area contributed by atoms with Crippen molar-refractivity contribution in [3.05, 3.63) is 42.0 Å². The molecule has 0 amide bonds. The van der Waals surface area contributed by atoms with Crippen molar-refractivity contribution in [2.75, 3.05) is 0 Å². The number of pyridine rings is 1. The minimum absolute atomic E-state index is 0.438. The Kier molecular flexibility index (Phi) is 3.19. The molecule has 0 aliphatic carbocycles. The number of nitrogens with two attached hydrogens (primary N) is 1. The van der Waals surface area contributed by atoms with Crippen LogP contribution in [0.2, 0.25) is 0 Å². The van der Waals surface area contributed by atoms with E-state index in [1.165, 1.54) is 5.56 Å². The lowest BCUT2D eigenvalue weighted by molar-refractivity contribution is 0.533. The van der Waals surface area contributed by atoms with Crippen LogP contribution in [0.1, 0.15) is 25.1 Å². The highest BCUT2D eigenvalue weighted by Gasteiger charge is 2.17. The zero-order chi connectivity index (χ0) is 12.3. The van der Waals surface area contributed by atoms with E-state index in [4.69, 9.17) is 5.73 Å². The third-order valence-corrected chi connectivity index (χ3v) is 2.55. The molecule has 0 spiro atoms. The van der Waals surface area contributed by atoms with Crippen LogP contribution < -0.4 is 5.73 Å². The van der Waals surface area contributed by atoms with Crippen LogP contribution in [0.3, 0.4) is 0 Å². The molecule has 5 heteroatoms. The maximum Gasteiger partial charge on any atom is 0.102 e. The molecule has 0 fully saturated rings. The van der Waals surface area contributed by atoms with E-state index < -0.39 is 5.54 Å². The molecule has 0 radical (unpaired) electrons. The van der Waals surface area contributed by atoms with Crippen molar-refractivity contribution in [1.82, 2.24) is 20.0 Å².